The highest BCUT2D eigenvalue weighted by Gasteiger charge is 2.31. The summed E-state index contributed by atoms with van der Waals surface area (Å²) in [4.78, 5) is 23.4. The van der Waals surface area contributed by atoms with Crippen molar-refractivity contribution in [3.05, 3.63) is 41.2 Å². The van der Waals surface area contributed by atoms with Crippen LogP contribution in [0.15, 0.2) is 24.3 Å². The zero-order valence-corrected chi connectivity index (χ0v) is 13.7. The molecule has 1 aliphatic carbocycles. The molecule has 0 bridgehead atoms. The van der Waals surface area contributed by atoms with Crippen LogP contribution in [0, 0.1) is 19.8 Å². The fraction of sp³-hybridized carbons (Fsp3) is 0.412. The molecule has 1 aromatic heterocycles. The average molecular weight is 328 g/mol. The maximum Gasteiger partial charge on any atom is 0.306 e. The number of benzene rings is 1. The van der Waals surface area contributed by atoms with E-state index in [-0.39, 0.29) is 23.6 Å². The summed E-state index contributed by atoms with van der Waals surface area (Å²) < 4.78 is 1.64. The molecule has 3 rings (SSSR count). The van der Waals surface area contributed by atoms with Crippen LogP contribution in [0.4, 0.5) is 0 Å². The topological polar surface area (TPSA) is 97.1 Å². The Hall–Kier alpha value is -2.70. The minimum absolute atomic E-state index is 0.123. The first-order chi connectivity index (χ1) is 11.5. The fourth-order valence-electron chi connectivity index (χ4n) is 3.13. The molecule has 0 radical (unpaired) electrons. The Labute approximate surface area is 139 Å². The van der Waals surface area contributed by atoms with E-state index in [1.807, 2.05) is 31.2 Å². The van der Waals surface area contributed by atoms with Crippen molar-refractivity contribution in [3.8, 4) is 5.69 Å². The van der Waals surface area contributed by atoms with Gasteiger partial charge in [-0.2, -0.15) is 0 Å². The molecule has 1 amide bonds. The van der Waals surface area contributed by atoms with Gasteiger partial charge in [-0.05, 0) is 50.8 Å². The maximum atomic E-state index is 12.4. The highest BCUT2D eigenvalue weighted by Crippen LogP contribution is 2.26. The van der Waals surface area contributed by atoms with Gasteiger partial charge in [0.1, 0.15) is 0 Å². The number of carboxylic acids is 1. The molecule has 7 heteroatoms. The van der Waals surface area contributed by atoms with E-state index >= 15 is 0 Å². The average Bonchev–Trinajstić information content (AvgIpc) is 3.14. The van der Waals surface area contributed by atoms with Gasteiger partial charge in [-0.3, -0.25) is 9.59 Å². The minimum Gasteiger partial charge on any atom is -0.481 e. The predicted molar refractivity (Wildman–Crippen MR) is 87.1 cm³/mol. The van der Waals surface area contributed by atoms with Crippen molar-refractivity contribution < 1.29 is 14.7 Å². The van der Waals surface area contributed by atoms with Gasteiger partial charge in [0.25, 0.3) is 5.91 Å². The molecule has 1 aromatic carbocycles. The lowest BCUT2D eigenvalue weighted by molar-refractivity contribution is -0.141. The standard InChI is InChI=1S/C17H20N4O3/c1-10-4-3-5-14(8-10)21-11(2)15(19-20-21)16(22)18-13-7-6-12(9-13)17(23)24/h3-5,8,12-13H,6-7,9H2,1-2H3,(H,18,22)(H,23,24)/t12-,13+/m0/s1. The van der Waals surface area contributed by atoms with Gasteiger partial charge >= 0.3 is 5.97 Å². The SMILES string of the molecule is Cc1cccc(-n2nnc(C(=O)N[C@@H]3CC[C@H](C(=O)O)C3)c2C)c1. The summed E-state index contributed by atoms with van der Waals surface area (Å²) in [5.74, 6) is -1.48. The monoisotopic (exact) mass is 328 g/mol. The molecule has 24 heavy (non-hydrogen) atoms. The molecule has 2 N–H and O–H groups in total. The lowest BCUT2D eigenvalue weighted by Crippen LogP contribution is -2.34. The number of hydrogen-bond acceptors (Lipinski definition) is 4. The van der Waals surface area contributed by atoms with E-state index in [1.54, 1.807) is 11.6 Å². The van der Waals surface area contributed by atoms with Crippen LogP contribution in [0.5, 0.6) is 0 Å². The number of aryl methyl sites for hydroxylation is 1. The largest absolute Gasteiger partial charge is 0.481 e. The van der Waals surface area contributed by atoms with Crippen LogP contribution in [0.1, 0.15) is 41.0 Å². The summed E-state index contributed by atoms with van der Waals surface area (Å²) in [6.07, 6.45) is 1.73. The third kappa shape index (κ3) is 3.15. The molecule has 2 atom stereocenters. The van der Waals surface area contributed by atoms with Crippen molar-refractivity contribution in [1.82, 2.24) is 20.3 Å². The van der Waals surface area contributed by atoms with Crippen LogP contribution < -0.4 is 5.32 Å². The summed E-state index contributed by atoms with van der Waals surface area (Å²) >= 11 is 0. The summed E-state index contributed by atoms with van der Waals surface area (Å²) in [6, 6.07) is 7.67. The van der Waals surface area contributed by atoms with Crippen molar-refractivity contribution >= 4 is 11.9 Å². The van der Waals surface area contributed by atoms with Crippen LogP contribution in [-0.4, -0.2) is 38.0 Å². The van der Waals surface area contributed by atoms with Crippen LogP contribution in [0.3, 0.4) is 0 Å². The first-order valence-corrected chi connectivity index (χ1v) is 7.98. The first-order valence-electron chi connectivity index (χ1n) is 7.98. The highest BCUT2D eigenvalue weighted by molar-refractivity contribution is 5.93. The van der Waals surface area contributed by atoms with Crippen LogP contribution in [0.25, 0.3) is 5.69 Å². The van der Waals surface area contributed by atoms with Gasteiger partial charge in [-0.15, -0.1) is 5.10 Å². The Bertz CT molecular complexity index is 784. The van der Waals surface area contributed by atoms with Crippen molar-refractivity contribution in [1.29, 1.82) is 0 Å². The van der Waals surface area contributed by atoms with Crippen LogP contribution in [0.2, 0.25) is 0 Å². The van der Waals surface area contributed by atoms with E-state index < -0.39 is 5.97 Å². The second-order valence-corrected chi connectivity index (χ2v) is 6.29. The number of hydrogen-bond donors (Lipinski definition) is 2. The minimum atomic E-state index is -0.798. The van der Waals surface area contributed by atoms with E-state index in [0.717, 1.165) is 11.3 Å². The van der Waals surface area contributed by atoms with Gasteiger partial charge in [0, 0.05) is 6.04 Å². The molecule has 1 heterocycles. The Balaban J connectivity index is 1.74. The van der Waals surface area contributed by atoms with Crippen LogP contribution in [-0.2, 0) is 4.79 Å². The number of aliphatic carboxylic acids is 1. The lowest BCUT2D eigenvalue weighted by Gasteiger charge is -2.11. The third-order valence-corrected chi connectivity index (χ3v) is 4.47. The zero-order valence-electron chi connectivity index (χ0n) is 13.7. The first kappa shape index (κ1) is 16.2. The highest BCUT2D eigenvalue weighted by atomic mass is 16.4. The maximum absolute atomic E-state index is 12.4. The number of nitrogens with one attached hydrogen (secondary N) is 1. The lowest BCUT2D eigenvalue weighted by atomic mass is 10.1. The van der Waals surface area contributed by atoms with E-state index in [9.17, 15) is 9.59 Å². The molecule has 126 valence electrons. The Morgan fingerprint density at radius 1 is 1.29 bits per heavy atom. The fourth-order valence-corrected chi connectivity index (χ4v) is 3.13. The Morgan fingerprint density at radius 2 is 2.08 bits per heavy atom. The van der Waals surface area contributed by atoms with Crippen LogP contribution >= 0.6 is 0 Å². The second kappa shape index (κ2) is 6.43. The summed E-state index contributed by atoms with van der Waals surface area (Å²) in [5, 5.41) is 20.0. The molecule has 0 spiro atoms. The van der Waals surface area contributed by atoms with Crippen molar-refractivity contribution in [2.75, 3.05) is 0 Å². The summed E-state index contributed by atoms with van der Waals surface area (Å²) in [5.41, 5.74) is 2.88. The van der Waals surface area contributed by atoms with Crippen molar-refractivity contribution in [2.24, 2.45) is 5.92 Å². The number of amides is 1. The smallest absolute Gasteiger partial charge is 0.306 e. The van der Waals surface area contributed by atoms with E-state index in [0.29, 0.717) is 25.0 Å². The number of aromatic nitrogens is 3. The molecule has 1 aliphatic rings. The molecule has 2 aromatic rings. The molecule has 0 aliphatic heterocycles. The summed E-state index contributed by atoms with van der Waals surface area (Å²) in [6.45, 7) is 3.79. The van der Waals surface area contributed by atoms with Gasteiger partial charge < -0.3 is 10.4 Å². The zero-order chi connectivity index (χ0) is 17.3. The van der Waals surface area contributed by atoms with E-state index in [2.05, 4.69) is 15.6 Å². The van der Waals surface area contributed by atoms with Gasteiger partial charge in [0.15, 0.2) is 5.69 Å². The van der Waals surface area contributed by atoms with E-state index in [1.165, 1.54) is 0 Å². The van der Waals surface area contributed by atoms with Gasteiger partial charge in [-0.1, -0.05) is 17.3 Å². The third-order valence-electron chi connectivity index (χ3n) is 4.47. The van der Waals surface area contributed by atoms with Crippen molar-refractivity contribution in [2.45, 2.75) is 39.2 Å². The number of carbonyl (C=O) groups excluding carboxylic acids is 1. The molecule has 7 nitrogen and oxygen atoms in total. The number of carboxylic acid groups (broad SMARTS) is 1. The normalized spacial score (nSPS) is 20.1. The molecular formula is C17H20N4O3. The Kier molecular flexibility index (Phi) is 4.33. The van der Waals surface area contributed by atoms with E-state index in [4.69, 9.17) is 5.11 Å². The second-order valence-electron chi connectivity index (χ2n) is 6.29. The van der Waals surface area contributed by atoms with Crippen molar-refractivity contribution in [3.63, 3.8) is 0 Å². The number of carbonyl (C=O) groups is 2. The summed E-state index contributed by atoms with van der Waals surface area (Å²) in [7, 11) is 0. The van der Waals surface area contributed by atoms with Gasteiger partial charge in [-0.25, -0.2) is 4.68 Å². The molecular weight excluding hydrogens is 308 g/mol. The predicted octanol–water partition coefficient (Wildman–Crippen LogP) is 1.87. The van der Waals surface area contributed by atoms with Gasteiger partial charge in [0.05, 0.1) is 17.3 Å². The van der Waals surface area contributed by atoms with Gasteiger partial charge in [0.2, 0.25) is 0 Å². The number of rotatable bonds is 4. The number of nitrogens with zero attached hydrogens (tertiary/aromatic N) is 3. The molecule has 1 saturated carbocycles. The quantitative estimate of drug-likeness (QED) is 0.893. The Morgan fingerprint density at radius 3 is 2.75 bits per heavy atom. The molecule has 0 saturated heterocycles. The molecule has 0 unspecified atom stereocenters. The molecule has 1 fully saturated rings.